The summed E-state index contributed by atoms with van der Waals surface area (Å²) >= 11 is 0. The van der Waals surface area contributed by atoms with Crippen molar-refractivity contribution in [2.75, 3.05) is 13.2 Å². The summed E-state index contributed by atoms with van der Waals surface area (Å²) in [5, 5.41) is 29.7. The fourth-order valence-corrected chi connectivity index (χ4v) is 3.59. The number of carbonyl (C=O) groups is 1. The number of nitrogens with one attached hydrogen (secondary N) is 2. The highest BCUT2D eigenvalue weighted by molar-refractivity contribution is 7.87. The van der Waals surface area contributed by atoms with Crippen LogP contribution in [0.2, 0.25) is 0 Å². The molecule has 3 unspecified atom stereocenters. The van der Waals surface area contributed by atoms with Crippen molar-refractivity contribution < 1.29 is 33.3 Å². The number of piperidine rings is 1. The monoisotopic (exact) mass is 339 g/mol. The number of aliphatic hydroxyl groups excluding tert-OH is 3. The van der Waals surface area contributed by atoms with Crippen LogP contribution in [-0.4, -0.2) is 78.4 Å². The summed E-state index contributed by atoms with van der Waals surface area (Å²) < 4.78 is 33.0. The third-order valence-corrected chi connectivity index (χ3v) is 4.90. The zero-order chi connectivity index (χ0) is 16.5. The average Bonchev–Trinajstić information content (AvgIpc) is 2.83. The van der Waals surface area contributed by atoms with Gasteiger partial charge in [-0.1, -0.05) is 13.3 Å². The number of amides is 1. The second-order valence-corrected chi connectivity index (χ2v) is 6.87. The lowest BCUT2D eigenvalue weighted by molar-refractivity contribution is -0.144. The Hall–Kier alpha value is -0.980. The summed E-state index contributed by atoms with van der Waals surface area (Å²) in [6.07, 6.45) is -5.56. The molecule has 0 aliphatic carbocycles. The molecule has 0 radical (unpaired) electrons. The SMILES string of the molecule is CCCCNS(=O)(=O)N[C@@H]1C(O)C(O)[C@H](O)C2COC(=O)N21. The van der Waals surface area contributed by atoms with Gasteiger partial charge in [0.2, 0.25) is 0 Å². The molecule has 2 fully saturated rings. The van der Waals surface area contributed by atoms with E-state index in [4.69, 9.17) is 4.74 Å². The zero-order valence-corrected chi connectivity index (χ0v) is 12.9. The van der Waals surface area contributed by atoms with E-state index < -0.39 is 46.8 Å². The first-order valence-electron chi connectivity index (χ1n) is 7.04. The first-order valence-corrected chi connectivity index (χ1v) is 8.53. The van der Waals surface area contributed by atoms with Crippen LogP contribution in [0.15, 0.2) is 0 Å². The van der Waals surface area contributed by atoms with Gasteiger partial charge in [0.1, 0.15) is 31.1 Å². The number of rotatable bonds is 6. The van der Waals surface area contributed by atoms with Gasteiger partial charge in [-0.25, -0.2) is 9.52 Å². The second kappa shape index (κ2) is 6.64. The predicted octanol–water partition coefficient (Wildman–Crippen LogP) is -2.55. The summed E-state index contributed by atoms with van der Waals surface area (Å²) in [7, 11) is -3.99. The molecule has 10 nitrogen and oxygen atoms in total. The van der Waals surface area contributed by atoms with Gasteiger partial charge in [0.25, 0.3) is 10.2 Å². The Balaban J connectivity index is 2.15. The molecule has 0 aromatic rings. The number of hydrogen-bond donors (Lipinski definition) is 5. The summed E-state index contributed by atoms with van der Waals surface area (Å²) in [4.78, 5) is 12.6. The summed E-state index contributed by atoms with van der Waals surface area (Å²) in [5.41, 5.74) is 0. The van der Waals surface area contributed by atoms with Gasteiger partial charge < -0.3 is 20.1 Å². The fraction of sp³-hybridized carbons (Fsp3) is 0.909. The van der Waals surface area contributed by atoms with Crippen molar-refractivity contribution in [2.45, 2.75) is 50.3 Å². The van der Waals surface area contributed by atoms with Crippen LogP contribution < -0.4 is 9.44 Å². The zero-order valence-electron chi connectivity index (χ0n) is 12.0. The van der Waals surface area contributed by atoms with Gasteiger partial charge in [0.15, 0.2) is 0 Å². The Morgan fingerprint density at radius 1 is 1.27 bits per heavy atom. The first kappa shape index (κ1) is 17.4. The lowest BCUT2D eigenvalue weighted by Crippen LogP contribution is -2.70. The molecule has 0 aromatic heterocycles. The Labute approximate surface area is 128 Å². The highest BCUT2D eigenvalue weighted by Gasteiger charge is 2.54. The van der Waals surface area contributed by atoms with Crippen LogP contribution in [0.5, 0.6) is 0 Å². The molecule has 5 N–H and O–H groups in total. The number of hydrogen-bond acceptors (Lipinski definition) is 7. The van der Waals surface area contributed by atoms with Crippen LogP contribution in [0.25, 0.3) is 0 Å². The van der Waals surface area contributed by atoms with E-state index in [0.717, 1.165) is 11.3 Å². The third-order valence-electron chi connectivity index (χ3n) is 3.76. The van der Waals surface area contributed by atoms with Crippen molar-refractivity contribution in [3.63, 3.8) is 0 Å². The van der Waals surface area contributed by atoms with Gasteiger partial charge in [-0.3, -0.25) is 4.90 Å². The number of fused-ring (bicyclic) bond motifs is 1. The molecule has 0 spiro atoms. The number of cyclic esters (lactones) is 1. The average molecular weight is 339 g/mol. The molecule has 2 saturated heterocycles. The molecule has 0 aromatic carbocycles. The third kappa shape index (κ3) is 3.34. The molecule has 128 valence electrons. The largest absolute Gasteiger partial charge is 0.447 e. The van der Waals surface area contributed by atoms with E-state index in [-0.39, 0.29) is 13.2 Å². The van der Waals surface area contributed by atoms with Crippen molar-refractivity contribution in [1.82, 2.24) is 14.3 Å². The van der Waals surface area contributed by atoms with E-state index in [1.165, 1.54) is 0 Å². The minimum atomic E-state index is -3.99. The van der Waals surface area contributed by atoms with Crippen LogP contribution in [0.3, 0.4) is 0 Å². The molecule has 0 bridgehead atoms. The lowest BCUT2D eigenvalue weighted by atomic mass is 9.93. The number of aliphatic hydroxyl groups is 3. The summed E-state index contributed by atoms with van der Waals surface area (Å²) in [5.74, 6) is 0. The van der Waals surface area contributed by atoms with Gasteiger partial charge in [0, 0.05) is 6.54 Å². The van der Waals surface area contributed by atoms with E-state index in [2.05, 4.69) is 9.44 Å². The molecule has 2 rings (SSSR count). The van der Waals surface area contributed by atoms with Crippen molar-refractivity contribution in [3.8, 4) is 0 Å². The maximum atomic E-state index is 11.9. The molecule has 2 aliphatic rings. The molecule has 5 atom stereocenters. The van der Waals surface area contributed by atoms with Crippen LogP contribution in [0.1, 0.15) is 19.8 Å². The van der Waals surface area contributed by atoms with Gasteiger partial charge in [-0.05, 0) is 6.42 Å². The van der Waals surface area contributed by atoms with Crippen molar-refractivity contribution in [3.05, 3.63) is 0 Å². The molecule has 2 aliphatic heterocycles. The van der Waals surface area contributed by atoms with E-state index >= 15 is 0 Å². The minimum Gasteiger partial charge on any atom is -0.447 e. The highest BCUT2D eigenvalue weighted by Crippen LogP contribution is 2.28. The molecule has 11 heteroatoms. The summed E-state index contributed by atoms with van der Waals surface area (Å²) in [6.45, 7) is 1.91. The lowest BCUT2D eigenvalue weighted by Gasteiger charge is -2.43. The topological polar surface area (TPSA) is 148 Å². The Bertz CT molecular complexity index is 514. The van der Waals surface area contributed by atoms with Crippen LogP contribution in [0, 0.1) is 0 Å². The summed E-state index contributed by atoms with van der Waals surface area (Å²) in [6, 6.07) is -0.922. The van der Waals surface area contributed by atoms with Crippen molar-refractivity contribution >= 4 is 16.3 Å². The van der Waals surface area contributed by atoms with E-state index in [0.29, 0.717) is 6.42 Å². The molecule has 1 amide bonds. The number of unbranched alkanes of at least 4 members (excludes halogenated alkanes) is 1. The fourth-order valence-electron chi connectivity index (χ4n) is 2.52. The number of nitrogens with zero attached hydrogens (tertiary/aromatic N) is 1. The molecule has 2 heterocycles. The normalized spacial score (nSPS) is 35.4. The minimum absolute atomic E-state index is 0.189. The van der Waals surface area contributed by atoms with Crippen LogP contribution in [0.4, 0.5) is 4.79 Å². The maximum absolute atomic E-state index is 11.9. The molecule has 22 heavy (non-hydrogen) atoms. The van der Waals surface area contributed by atoms with Gasteiger partial charge in [-0.15, -0.1) is 0 Å². The Kier molecular flexibility index (Phi) is 5.25. The number of carbonyl (C=O) groups excluding carboxylic acids is 1. The van der Waals surface area contributed by atoms with Crippen LogP contribution >= 0.6 is 0 Å². The van der Waals surface area contributed by atoms with Gasteiger partial charge in [-0.2, -0.15) is 13.1 Å². The molecular formula is C11H21N3O7S. The maximum Gasteiger partial charge on any atom is 0.411 e. The quantitative estimate of drug-likeness (QED) is 0.335. The Morgan fingerprint density at radius 2 is 1.95 bits per heavy atom. The molecular weight excluding hydrogens is 318 g/mol. The van der Waals surface area contributed by atoms with Gasteiger partial charge >= 0.3 is 6.09 Å². The predicted molar refractivity (Wildman–Crippen MR) is 73.7 cm³/mol. The van der Waals surface area contributed by atoms with Crippen LogP contribution in [-0.2, 0) is 14.9 Å². The highest BCUT2D eigenvalue weighted by atomic mass is 32.2. The second-order valence-electron chi connectivity index (χ2n) is 5.34. The standard InChI is InChI=1S/C11H21N3O7S/c1-2-3-4-12-22(19,20)13-10-9(17)8(16)7(15)6-5-21-11(18)14(6)10/h6-10,12-13,15-17H,2-5H2,1H3/t6?,7-,8?,9?,10+/m1/s1. The smallest absolute Gasteiger partial charge is 0.411 e. The number of ether oxygens (including phenoxy) is 1. The van der Waals surface area contributed by atoms with Crippen molar-refractivity contribution in [2.24, 2.45) is 0 Å². The van der Waals surface area contributed by atoms with Gasteiger partial charge in [0.05, 0.1) is 6.04 Å². The molecule has 0 saturated carbocycles. The Morgan fingerprint density at radius 3 is 2.59 bits per heavy atom. The van der Waals surface area contributed by atoms with Crippen molar-refractivity contribution in [1.29, 1.82) is 0 Å². The van der Waals surface area contributed by atoms with E-state index in [1.807, 2.05) is 6.92 Å². The van der Waals surface area contributed by atoms with E-state index in [9.17, 15) is 28.5 Å². The van der Waals surface area contributed by atoms with E-state index in [1.54, 1.807) is 0 Å². The first-order chi connectivity index (χ1) is 10.3.